The fourth-order valence-electron chi connectivity index (χ4n) is 3.54. The van der Waals surface area contributed by atoms with Crippen LogP contribution < -0.4 is 0 Å². The van der Waals surface area contributed by atoms with Crippen LogP contribution in [0, 0.1) is 0 Å². The molecule has 3 rings (SSSR count). The second kappa shape index (κ2) is 6.90. The summed E-state index contributed by atoms with van der Waals surface area (Å²) < 4.78 is 10.9. The molecule has 2 heterocycles. The summed E-state index contributed by atoms with van der Waals surface area (Å²) >= 11 is 0. The van der Waals surface area contributed by atoms with E-state index >= 15 is 0 Å². The smallest absolute Gasteiger partial charge is 0.150 e. The highest BCUT2D eigenvalue weighted by molar-refractivity contribution is 5.11. The lowest BCUT2D eigenvalue weighted by Crippen LogP contribution is -2.42. The third-order valence-corrected chi connectivity index (χ3v) is 4.86. The van der Waals surface area contributed by atoms with Gasteiger partial charge in [0.2, 0.25) is 0 Å². The van der Waals surface area contributed by atoms with Crippen molar-refractivity contribution in [3.63, 3.8) is 0 Å². The van der Waals surface area contributed by atoms with Gasteiger partial charge in [0, 0.05) is 12.0 Å². The molecular formula is C16H26N2O3. The third-order valence-electron chi connectivity index (χ3n) is 4.86. The minimum atomic E-state index is -0.398. The lowest BCUT2D eigenvalue weighted by molar-refractivity contribution is 0.0755. The number of nitrogens with zero attached hydrogens (tertiary/aromatic N) is 2. The van der Waals surface area contributed by atoms with Gasteiger partial charge in [-0.2, -0.15) is 0 Å². The average molecular weight is 294 g/mol. The molecule has 5 heteroatoms. The molecule has 1 N–H and O–H groups in total. The maximum atomic E-state index is 9.96. The molecule has 1 aliphatic heterocycles. The first-order valence-corrected chi connectivity index (χ1v) is 8.23. The van der Waals surface area contributed by atoms with Gasteiger partial charge in [-0.3, -0.25) is 4.90 Å². The lowest BCUT2D eigenvalue weighted by atomic mass is 9.87. The largest absolute Gasteiger partial charge is 0.389 e. The first-order chi connectivity index (χ1) is 10.3. The van der Waals surface area contributed by atoms with E-state index in [-0.39, 0.29) is 6.04 Å². The highest BCUT2D eigenvalue weighted by Crippen LogP contribution is 2.32. The molecule has 2 fully saturated rings. The Morgan fingerprint density at radius 2 is 2.10 bits per heavy atom. The van der Waals surface area contributed by atoms with Gasteiger partial charge in [-0.25, -0.2) is 0 Å². The van der Waals surface area contributed by atoms with Gasteiger partial charge in [-0.1, -0.05) is 31.3 Å². The minimum Gasteiger partial charge on any atom is -0.389 e. The summed E-state index contributed by atoms with van der Waals surface area (Å²) in [6.07, 6.45) is 6.03. The molecular weight excluding hydrogens is 268 g/mol. The molecule has 0 aromatic carbocycles. The number of hydrogen-bond acceptors (Lipinski definition) is 5. The van der Waals surface area contributed by atoms with Crippen LogP contribution in [0.4, 0.5) is 0 Å². The minimum absolute atomic E-state index is 0.0678. The van der Waals surface area contributed by atoms with Crippen LogP contribution in [-0.2, 0) is 11.3 Å². The number of rotatable bonds is 5. The number of aromatic nitrogens is 1. The highest BCUT2D eigenvalue weighted by Gasteiger charge is 2.31. The highest BCUT2D eigenvalue weighted by atomic mass is 16.5. The van der Waals surface area contributed by atoms with Crippen molar-refractivity contribution < 1.29 is 14.4 Å². The van der Waals surface area contributed by atoms with E-state index in [1.54, 1.807) is 0 Å². The maximum absolute atomic E-state index is 9.96. The Kier molecular flexibility index (Phi) is 4.93. The van der Waals surface area contributed by atoms with E-state index in [9.17, 15) is 5.11 Å². The number of aliphatic hydroxyl groups excluding tert-OH is 1. The SMILES string of the molecule is CCN(Cc1cc(C2CCCCC2)no1)[C@@H]1COC[C@H]1O. The summed E-state index contributed by atoms with van der Waals surface area (Å²) in [7, 11) is 0. The number of aliphatic hydroxyl groups is 1. The van der Waals surface area contributed by atoms with E-state index in [0.717, 1.165) is 18.0 Å². The second-order valence-corrected chi connectivity index (χ2v) is 6.29. The van der Waals surface area contributed by atoms with E-state index in [1.165, 1.54) is 32.1 Å². The van der Waals surface area contributed by atoms with Crippen LogP contribution in [0.15, 0.2) is 10.6 Å². The van der Waals surface area contributed by atoms with Gasteiger partial charge in [0.05, 0.1) is 37.6 Å². The lowest BCUT2D eigenvalue weighted by Gasteiger charge is -2.27. The van der Waals surface area contributed by atoms with Crippen molar-refractivity contribution in [2.24, 2.45) is 0 Å². The van der Waals surface area contributed by atoms with E-state index < -0.39 is 6.10 Å². The summed E-state index contributed by atoms with van der Waals surface area (Å²) in [5.41, 5.74) is 1.11. The Morgan fingerprint density at radius 1 is 1.29 bits per heavy atom. The predicted octanol–water partition coefficient (Wildman–Crippen LogP) is 2.30. The van der Waals surface area contributed by atoms with Crippen LogP contribution in [0.1, 0.15) is 56.4 Å². The average Bonchev–Trinajstić information content (AvgIpc) is 3.15. The Morgan fingerprint density at radius 3 is 2.76 bits per heavy atom. The van der Waals surface area contributed by atoms with Gasteiger partial charge in [0.1, 0.15) is 0 Å². The van der Waals surface area contributed by atoms with Crippen molar-refractivity contribution in [3.8, 4) is 0 Å². The summed E-state index contributed by atoms with van der Waals surface area (Å²) in [5, 5.41) is 14.2. The van der Waals surface area contributed by atoms with Gasteiger partial charge in [0.25, 0.3) is 0 Å². The van der Waals surface area contributed by atoms with Crippen molar-refractivity contribution in [1.82, 2.24) is 10.1 Å². The van der Waals surface area contributed by atoms with Crippen LogP contribution in [0.5, 0.6) is 0 Å². The van der Waals surface area contributed by atoms with Crippen molar-refractivity contribution in [2.45, 2.75) is 63.6 Å². The molecule has 21 heavy (non-hydrogen) atoms. The van der Waals surface area contributed by atoms with E-state index in [1.807, 2.05) is 0 Å². The molecule has 1 saturated heterocycles. The normalized spacial score (nSPS) is 27.6. The van der Waals surface area contributed by atoms with Gasteiger partial charge in [-0.05, 0) is 19.4 Å². The van der Waals surface area contributed by atoms with Gasteiger partial charge < -0.3 is 14.4 Å². The maximum Gasteiger partial charge on any atom is 0.150 e. The fourth-order valence-corrected chi connectivity index (χ4v) is 3.54. The number of likely N-dealkylation sites (N-methyl/N-ethyl adjacent to an activating group) is 1. The summed E-state index contributed by atoms with van der Waals surface area (Å²) in [6, 6.07) is 2.18. The van der Waals surface area contributed by atoms with E-state index in [2.05, 4.69) is 23.0 Å². The molecule has 0 bridgehead atoms. The van der Waals surface area contributed by atoms with Crippen LogP contribution in [0.2, 0.25) is 0 Å². The third kappa shape index (κ3) is 3.47. The zero-order valence-corrected chi connectivity index (χ0v) is 12.8. The Balaban J connectivity index is 1.62. The fraction of sp³-hybridized carbons (Fsp3) is 0.812. The topological polar surface area (TPSA) is 58.7 Å². The van der Waals surface area contributed by atoms with Gasteiger partial charge in [-0.15, -0.1) is 0 Å². The summed E-state index contributed by atoms with van der Waals surface area (Å²) in [5.74, 6) is 1.48. The number of ether oxygens (including phenoxy) is 1. The Bertz CT molecular complexity index is 442. The van der Waals surface area contributed by atoms with Crippen molar-refractivity contribution in [3.05, 3.63) is 17.5 Å². The first kappa shape index (κ1) is 15.0. The molecule has 1 aliphatic carbocycles. The summed E-state index contributed by atoms with van der Waals surface area (Å²) in [4.78, 5) is 2.21. The van der Waals surface area contributed by atoms with Crippen molar-refractivity contribution >= 4 is 0 Å². The first-order valence-electron chi connectivity index (χ1n) is 8.23. The molecule has 2 atom stereocenters. The monoisotopic (exact) mass is 294 g/mol. The zero-order chi connectivity index (χ0) is 14.7. The van der Waals surface area contributed by atoms with Crippen LogP contribution >= 0.6 is 0 Å². The molecule has 0 radical (unpaired) electrons. The van der Waals surface area contributed by atoms with Crippen LogP contribution in [0.3, 0.4) is 0 Å². The molecule has 1 saturated carbocycles. The van der Waals surface area contributed by atoms with Crippen molar-refractivity contribution in [1.29, 1.82) is 0 Å². The quantitative estimate of drug-likeness (QED) is 0.903. The Labute approximate surface area is 126 Å². The molecule has 1 aromatic rings. The van der Waals surface area contributed by atoms with Crippen LogP contribution in [-0.4, -0.2) is 47.1 Å². The zero-order valence-electron chi connectivity index (χ0n) is 12.8. The van der Waals surface area contributed by atoms with Gasteiger partial charge in [0.15, 0.2) is 5.76 Å². The van der Waals surface area contributed by atoms with Crippen LogP contribution in [0.25, 0.3) is 0 Å². The standard InChI is InChI=1S/C16H26N2O3/c1-2-18(15-10-20-11-16(15)19)9-13-8-14(17-21-13)12-6-4-3-5-7-12/h8,12,15-16,19H,2-7,9-11H2,1H3/t15-,16-/m1/s1. The molecule has 5 nitrogen and oxygen atoms in total. The summed E-state index contributed by atoms with van der Waals surface area (Å²) in [6.45, 7) is 4.69. The molecule has 0 unspecified atom stereocenters. The number of hydrogen-bond donors (Lipinski definition) is 1. The molecule has 1 aromatic heterocycles. The van der Waals surface area contributed by atoms with E-state index in [0.29, 0.717) is 25.7 Å². The van der Waals surface area contributed by atoms with Crippen molar-refractivity contribution in [2.75, 3.05) is 19.8 Å². The molecule has 0 spiro atoms. The Hall–Kier alpha value is -0.910. The van der Waals surface area contributed by atoms with Gasteiger partial charge >= 0.3 is 0 Å². The van der Waals surface area contributed by atoms with E-state index in [4.69, 9.17) is 9.26 Å². The second-order valence-electron chi connectivity index (χ2n) is 6.29. The predicted molar refractivity (Wildman–Crippen MR) is 79.0 cm³/mol. The molecule has 118 valence electrons. The molecule has 2 aliphatic rings. The molecule has 0 amide bonds.